The van der Waals surface area contributed by atoms with Crippen LogP contribution in [0, 0.1) is 0 Å². The zero-order valence-corrected chi connectivity index (χ0v) is 14.5. The summed E-state index contributed by atoms with van der Waals surface area (Å²) in [7, 11) is 0. The Labute approximate surface area is 140 Å². The molecule has 22 heavy (non-hydrogen) atoms. The van der Waals surface area contributed by atoms with E-state index in [0.717, 1.165) is 38.5 Å². The van der Waals surface area contributed by atoms with Gasteiger partial charge in [-0.25, -0.2) is 0 Å². The molecule has 1 aromatic carbocycles. The molecule has 1 aliphatic rings. The standard InChI is InChI=1S/C18H28N2O.ClH/c1-3-4-10-15(13-19)20-17(21)18(2)12-7-9-14-8-5-6-11-16(14)18;/h5-6,8,11,15H,3-4,7,9-10,12-13,19H2,1-2H3,(H,20,21);1H. The van der Waals surface area contributed by atoms with Crippen molar-refractivity contribution in [1.29, 1.82) is 0 Å². The van der Waals surface area contributed by atoms with Crippen molar-refractivity contribution in [2.24, 2.45) is 5.73 Å². The molecule has 3 nitrogen and oxygen atoms in total. The van der Waals surface area contributed by atoms with Crippen molar-refractivity contribution < 1.29 is 4.79 Å². The molecule has 0 saturated heterocycles. The molecule has 0 radical (unpaired) electrons. The van der Waals surface area contributed by atoms with E-state index in [1.807, 2.05) is 6.07 Å². The highest BCUT2D eigenvalue weighted by atomic mass is 35.5. The molecule has 0 fully saturated rings. The van der Waals surface area contributed by atoms with Crippen molar-refractivity contribution in [3.8, 4) is 0 Å². The number of benzene rings is 1. The summed E-state index contributed by atoms with van der Waals surface area (Å²) in [6.45, 7) is 4.76. The molecule has 0 spiro atoms. The molecule has 3 N–H and O–H groups in total. The summed E-state index contributed by atoms with van der Waals surface area (Å²) >= 11 is 0. The van der Waals surface area contributed by atoms with Crippen LogP contribution < -0.4 is 11.1 Å². The fourth-order valence-electron chi connectivity index (χ4n) is 3.32. The Kier molecular flexibility index (Phi) is 7.37. The maximum atomic E-state index is 12.8. The molecular weight excluding hydrogens is 296 g/mol. The Bertz CT molecular complexity index is 492. The number of nitrogens with two attached hydrogens (primary N) is 1. The molecule has 2 unspecified atom stereocenters. The SMILES string of the molecule is CCCCC(CN)NC(=O)C1(C)CCCc2ccccc21.Cl. The van der Waals surface area contributed by atoms with E-state index in [9.17, 15) is 4.79 Å². The van der Waals surface area contributed by atoms with Gasteiger partial charge in [0.15, 0.2) is 0 Å². The number of hydrogen-bond acceptors (Lipinski definition) is 2. The lowest BCUT2D eigenvalue weighted by atomic mass is 9.70. The highest BCUT2D eigenvalue weighted by Gasteiger charge is 2.39. The zero-order valence-electron chi connectivity index (χ0n) is 13.7. The third kappa shape index (κ3) is 4.02. The van der Waals surface area contributed by atoms with Crippen LogP contribution in [0.4, 0.5) is 0 Å². The predicted molar refractivity (Wildman–Crippen MR) is 94.5 cm³/mol. The monoisotopic (exact) mass is 324 g/mol. The molecule has 1 aliphatic carbocycles. The highest BCUT2D eigenvalue weighted by Crippen LogP contribution is 2.37. The maximum absolute atomic E-state index is 12.8. The largest absolute Gasteiger partial charge is 0.351 e. The molecule has 0 aromatic heterocycles. The Morgan fingerprint density at radius 2 is 2.14 bits per heavy atom. The van der Waals surface area contributed by atoms with Gasteiger partial charge in [-0.2, -0.15) is 0 Å². The molecular formula is C18H29ClN2O. The minimum atomic E-state index is -0.408. The second-order valence-electron chi connectivity index (χ2n) is 6.39. The summed E-state index contributed by atoms with van der Waals surface area (Å²) in [5, 5.41) is 3.19. The first-order valence-electron chi connectivity index (χ1n) is 8.21. The van der Waals surface area contributed by atoms with Gasteiger partial charge in [0, 0.05) is 12.6 Å². The van der Waals surface area contributed by atoms with Crippen LogP contribution in [0.2, 0.25) is 0 Å². The van der Waals surface area contributed by atoms with Gasteiger partial charge in [0.1, 0.15) is 0 Å². The van der Waals surface area contributed by atoms with Crippen LogP contribution in [0.1, 0.15) is 57.1 Å². The lowest BCUT2D eigenvalue weighted by Crippen LogP contribution is -2.50. The summed E-state index contributed by atoms with van der Waals surface area (Å²) < 4.78 is 0. The molecule has 2 rings (SSSR count). The van der Waals surface area contributed by atoms with Crippen LogP contribution in [0.3, 0.4) is 0 Å². The van der Waals surface area contributed by atoms with Gasteiger partial charge < -0.3 is 11.1 Å². The molecule has 0 heterocycles. The van der Waals surface area contributed by atoms with E-state index in [1.165, 1.54) is 11.1 Å². The number of nitrogens with one attached hydrogen (secondary N) is 1. The molecule has 0 aliphatic heterocycles. The molecule has 4 heteroatoms. The number of rotatable bonds is 6. The molecule has 1 amide bonds. The summed E-state index contributed by atoms with van der Waals surface area (Å²) in [5.41, 5.74) is 7.92. The first-order valence-corrected chi connectivity index (χ1v) is 8.21. The van der Waals surface area contributed by atoms with Crippen molar-refractivity contribution in [3.63, 3.8) is 0 Å². The molecule has 0 bridgehead atoms. The van der Waals surface area contributed by atoms with E-state index in [-0.39, 0.29) is 24.4 Å². The molecule has 0 saturated carbocycles. The number of unbranched alkanes of at least 4 members (excludes halogenated alkanes) is 1. The van der Waals surface area contributed by atoms with Crippen LogP contribution >= 0.6 is 12.4 Å². The Balaban J connectivity index is 0.00000242. The van der Waals surface area contributed by atoms with Gasteiger partial charge in [-0.3, -0.25) is 4.79 Å². The molecule has 124 valence electrons. The van der Waals surface area contributed by atoms with E-state index in [4.69, 9.17) is 5.73 Å². The Morgan fingerprint density at radius 3 is 2.82 bits per heavy atom. The molecule has 1 aromatic rings. The van der Waals surface area contributed by atoms with Gasteiger partial charge in [-0.05, 0) is 43.7 Å². The van der Waals surface area contributed by atoms with Gasteiger partial charge in [0.25, 0.3) is 0 Å². The number of fused-ring (bicyclic) bond motifs is 1. The van der Waals surface area contributed by atoms with Crippen molar-refractivity contribution in [2.75, 3.05) is 6.54 Å². The van der Waals surface area contributed by atoms with E-state index in [2.05, 4.69) is 37.4 Å². The first kappa shape index (κ1) is 19.0. The second kappa shape index (κ2) is 8.54. The smallest absolute Gasteiger partial charge is 0.230 e. The van der Waals surface area contributed by atoms with E-state index in [1.54, 1.807) is 0 Å². The number of hydrogen-bond donors (Lipinski definition) is 2. The van der Waals surface area contributed by atoms with Crippen LogP contribution in [0.25, 0.3) is 0 Å². The average Bonchev–Trinajstić information content (AvgIpc) is 2.51. The number of halogens is 1. The lowest BCUT2D eigenvalue weighted by Gasteiger charge is -2.36. The van der Waals surface area contributed by atoms with Gasteiger partial charge in [0.2, 0.25) is 5.91 Å². The van der Waals surface area contributed by atoms with Crippen molar-refractivity contribution in [3.05, 3.63) is 35.4 Å². The van der Waals surface area contributed by atoms with Crippen LogP contribution in [0.15, 0.2) is 24.3 Å². The van der Waals surface area contributed by atoms with Gasteiger partial charge in [-0.1, -0.05) is 44.0 Å². The normalized spacial score (nSPS) is 21.4. The third-order valence-electron chi connectivity index (χ3n) is 4.76. The number of aryl methyl sites for hydroxylation is 1. The maximum Gasteiger partial charge on any atom is 0.230 e. The zero-order chi connectivity index (χ0) is 15.3. The Morgan fingerprint density at radius 1 is 1.41 bits per heavy atom. The molecule has 2 atom stereocenters. The van der Waals surface area contributed by atoms with E-state index < -0.39 is 5.41 Å². The third-order valence-corrected chi connectivity index (χ3v) is 4.76. The second-order valence-corrected chi connectivity index (χ2v) is 6.39. The summed E-state index contributed by atoms with van der Waals surface area (Å²) in [4.78, 5) is 12.8. The van der Waals surface area contributed by atoms with Gasteiger partial charge in [-0.15, -0.1) is 12.4 Å². The Hall–Kier alpha value is -1.06. The van der Waals surface area contributed by atoms with Crippen molar-refractivity contribution in [1.82, 2.24) is 5.32 Å². The average molecular weight is 325 g/mol. The summed E-state index contributed by atoms with van der Waals surface area (Å²) in [5.74, 6) is 0.140. The van der Waals surface area contributed by atoms with Gasteiger partial charge in [0.05, 0.1) is 5.41 Å². The number of carbonyl (C=O) groups excluding carboxylic acids is 1. The van der Waals surface area contributed by atoms with E-state index >= 15 is 0 Å². The predicted octanol–water partition coefficient (Wildman–Crippen LogP) is 3.34. The van der Waals surface area contributed by atoms with Crippen molar-refractivity contribution >= 4 is 18.3 Å². The summed E-state index contributed by atoms with van der Waals surface area (Å²) in [6.07, 6.45) is 6.28. The van der Waals surface area contributed by atoms with Crippen LogP contribution in [-0.2, 0) is 16.6 Å². The quantitative estimate of drug-likeness (QED) is 0.843. The van der Waals surface area contributed by atoms with Crippen LogP contribution in [0.5, 0.6) is 0 Å². The number of amides is 1. The highest BCUT2D eigenvalue weighted by molar-refractivity contribution is 5.88. The van der Waals surface area contributed by atoms with Gasteiger partial charge >= 0.3 is 0 Å². The fraction of sp³-hybridized carbons (Fsp3) is 0.611. The van der Waals surface area contributed by atoms with E-state index in [0.29, 0.717) is 6.54 Å². The van der Waals surface area contributed by atoms with Crippen LogP contribution in [-0.4, -0.2) is 18.5 Å². The summed E-state index contributed by atoms with van der Waals surface area (Å²) in [6, 6.07) is 8.46. The fourth-order valence-corrected chi connectivity index (χ4v) is 3.32. The lowest BCUT2D eigenvalue weighted by molar-refractivity contribution is -0.127. The van der Waals surface area contributed by atoms with Crippen molar-refractivity contribution in [2.45, 2.75) is 63.8 Å². The minimum Gasteiger partial charge on any atom is -0.351 e. The number of carbonyl (C=O) groups is 1. The first-order chi connectivity index (χ1) is 10.1. The topological polar surface area (TPSA) is 55.1 Å². The minimum absolute atomic E-state index is 0.